The lowest BCUT2D eigenvalue weighted by Crippen LogP contribution is -2.11. The van der Waals surface area contributed by atoms with Crippen LogP contribution in [0.15, 0.2) is 12.1 Å². The molecule has 0 saturated heterocycles. The summed E-state index contributed by atoms with van der Waals surface area (Å²) in [5.74, 6) is 0. The fraction of sp³-hybridized carbons (Fsp3) is 0.500. The minimum atomic E-state index is 0.506. The quantitative estimate of drug-likeness (QED) is 0.733. The molecule has 1 aromatic rings. The van der Waals surface area contributed by atoms with Gasteiger partial charge in [-0.3, -0.25) is 0 Å². The molecule has 0 aliphatic rings. The maximum absolute atomic E-state index is 6.03. The van der Waals surface area contributed by atoms with E-state index in [1.165, 1.54) is 0 Å². The zero-order valence-corrected chi connectivity index (χ0v) is 12.4. The van der Waals surface area contributed by atoms with Crippen molar-refractivity contribution in [3.05, 3.63) is 27.2 Å². The molecular weight excluding hydrogens is 296 g/mol. The molecule has 102 valence electrons. The van der Waals surface area contributed by atoms with Gasteiger partial charge in [0, 0.05) is 31.9 Å². The van der Waals surface area contributed by atoms with E-state index in [0.717, 1.165) is 6.42 Å². The molecule has 1 N–H and O–H groups in total. The number of hydrogen-bond donors (Lipinski definition) is 1. The van der Waals surface area contributed by atoms with E-state index in [-0.39, 0.29) is 0 Å². The molecule has 6 heteroatoms. The minimum Gasteiger partial charge on any atom is -0.385 e. The molecule has 0 atom stereocenters. The molecule has 0 unspecified atom stereocenters. The molecule has 0 radical (unpaired) electrons. The smallest absolute Gasteiger partial charge is 0.0720 e. The molecule has 0 fully saturated rings. The van der Waals surface area contributed by atoms with Crippen molar-refractivity contribution in [2.75, 3.05) is 38.8 Å². The Morgan fingerprint density at radius 3 is 2.33 bits per heavy atom. The van der Waals surface area contributed by atoms with E-state index in [1.807, 2.05) is 0 Å². The highest BCUT2D eigenvalue weighted by Gasteiger charge is 2.06. The zero-order chi connectivity index (χ0) is 13.4. The van der Waals surface area contributed by atoms with Gasteiger partial charge in [0.2, 0.25) is 0 Å². The maximum atomic E-state index is 6.03. The predicted molar refractivity (Wildman–Crippen MR) is 77.3 cm³/mol. The summed E-state index contributed by atoms with van der Waals surface area (Å²) < 4.78 is 10.3. The van der Waals surface area contributed by atoms with E-state index in [2.05, 4.69) is 5.32 Å². The summed E-state index contributed by atoms with van der Waals surface area (Å²) in [5.41, 5.74) is 0.684. The summed E-state index contributed by atoms with van der Waals surface area (Å²) in [6, 6.07) is 3.30. The predicted octanol–water partition coefficient (Wildman–Crippen LogP) is 4.11. The highest BCUT2D eigenvalue weighted by Crippen LogP contribution is 2.33. The van der Waals surface area contributed by atoms with Crippen molar-refractivity contribution in [2.24, 2.45) is 0 Å². The van der Waals surface area contributed by atoms with Crippen LogP contribution in [0.1, 0.15) is 6.42 Å². The monoisotopic (exact) mass is 311 g/mol. The normalized spacial score (nSPS) is 10.7. The first-order valence-electron chi connectivity index (χ1n) is 5.60. The number of ether oxygens (including phenoxy) is 2. The van der Waals surface area contributed by atoms with Gasteiger partial charge in [0.15, 0.2) is 0 Å². The van der Waals surface area contributed by atoms with Crippen LogP contribution < -0.4 is 5.32 Å². The molecule has 3 nitrogen and oxygen atoms in total. The van der Waals surface area contributed by atoms with E-state index >= 15 is 0 Å². The fourth-order valence-electron chi connectivity index (χ4n) is 1.37. The van der Waals surface area contributed by atoms with Gasteiger partial charge in [-0.25, -0.2) is 0 Å². The summed E-state index contributed by atoms with van der Waals surface area (Å²) in [5, 5.41) is 4.65. The average Bonchev–Trinajstić information content (AvgIpc) is 2.30. The van der Waals surface area contributed by atoms with Crippen LogP contribution >= 0.6 is 34.8 Å². The van der Waals surface area contributed by atoms with Crippen molar-refractivity contribution in [2.45, 2.75) is 6.42 Å². The van der Waals surface area contributed by atoms with Gasteiger partial charge in [-0.2, -0.15) is 0 Å². The Balaban J connectivity index is 2.27. The molecule has 0 heterocycles. The van der Waals surface area contributed by atoms with E-state index < -0.39 is 0 Å². The van der Waals surface area contributed by atoms with Crippen molar-refractivity contribution >= 4 is 40.5 Å². The Hall–Kier alpha value is -0.190. The third-order valence-electron chi connectivity index (χ3n) is 2.19. The van der Waals surface area contributed by atoms with Crippen LogP contribution in [0.3, 0.4) is 0 Å². The van der Waals surface area contributed by atoms with Gasteiger partial charge in [-0.15, -0.1) is 0 Å². The minimum absolute atomic E-state index is 0.506. The molecular formula is C12H16Cl3NO2. The van der Waals surface area contributed by atoms with Gasteiger partial charge in [0.05, 0.1) is 22.3 Å². The van der Waals surface area contributed by atoms with Gasteiger partial charge >= 0.3 is 0 Å². The van der Waals surface area contributed by atoms with Crippen molar-refractivity contribution in [1.29, 1.82) is 0 Å². The standard InChI is InChI=1S/C12H16Cl3NO2/c1-17-4-2-5-18-6-3-16-12-10(14)7-9(13)8-11(12)15/h7-8,16H,2-6H2,1H3. The number of methoxy groups -OCH3 is 1. The maximum Gasteiger partial charge on any atom is 0.0720 e. The molecule has 0 spiro atoms. The molecule has 0 amide bonds. The number of rotatable bonds is 8. The van der Waals surface area contributed by atoms with Crippen LogP contribution in [0, 0.1) is 0 Å². The highest BCUT2D eigenvalue weighted by atomic mass is 35.5. The Bertz CT molecular complexity index is 351. The van der Waals surface area contributed by atoms with Crippen LogP contribution in [0.25, 0.3) is 0 Å². The van der Waals surface area contributed by atoms with E-state index in [1.54, 1.807) is 19.2 Å². The third kappa shape index (κ3) is 5.63. The first kappa shape index (κ1) is 15.9. The average molecular weight is 313 g/mol. The summed E-state index contributed by atoms with van der Waals surface area (Å²) in [6.45, 7) is 2.60. The largest absolute Gasteiger partial charge is 0.385 e. The van der Waals surface area contributed by atoms with Gasteiger partial charge < -0.3 is 14.8 Å². The second-order valence-electron chi connectivity index (χ2n) is 3.63. The van der Waals surface area contributed by atoms with E-state index in [4.69, 9.17) is 44.3 Å². The molecule has 0 bridgehead atoms. The Kier molecular flexibility index (Phi) is 7.79. The summed E-state index contributed by atoms with van der Waals surface area (Å²) in [7, 11) is 1.67. The Morgan fingerprint density at radius 1 is 1.06 bits per heavy atom. The molecule has 0 saturated carbocycles. The molecule has 0 aromatic heterocycles. The van der Waals surface area contributed by atoms with Crippen LogP contribution in [0.5, 0.6) is 0 Å². The Morgan fingerprint density at radius 2 is 1.72 bits per heavy atom. The topological polar surface area (TPSA) is 30.5 Å². The van der Waals surface area contributed by atoms with E-state index in [9.17, 15) is 0 Å². The number of hydrogen-bond acceptors (Lipinski definition) is 3. The molecule has 1 rings (SSSR count). The van der Waals surface area contributed by atoms with Gasteiger partial charge in [-0.1, -0.05) is 34.8 Å². The molecule has 18 heavy (non-hydrogen) atoms. The summed E-state index contributed by atoms with van der Waals surface area (Å²) in [4.78, 5) is 0. The van der Waals surface area contributed by atoms with Crippen LogP contribution in [-0.4, -0.2) is 33.5 Å². The SMILES string of the molecule is COCCCOCCNc1c(Cl)cc(Cl)cc1Cl. The second kappa shape index (κ2) is 8.83. The number of halogens is 3. The van der Waals surface area contributed by atoms with E-state index in [0.29, 0.717) is 47.1 Å². The van der Waals surface area contributed by atoms with Crippen LogP contribution in [0.2, 0.25) is 15.1 Å². The first-order chi connectivity index (χ1) is 8.65. The lowest BCUT2D eigenvalue weighted by molar-refractivity contribution is 0.109. The highest BCUT2D eigenvalue weighted by molar-refractivity contribution is 6.41. The number of benzene rings is 1. The second-order valence-corrected chi connectivity index (χ2v) is 4.88. The molecule has 0 aliphatic carbocycles. The fourth-order valence-corrected chi connectivity index (χ4v) is 2.32. The third-order valence-corrected chi connectivity index (χ3v) is 3.01. The van der Waals surface area contributed by atoms with Gasteiger partial charge in [0.25, 0.3) is 0 Å². The van der Waals surface area contributed by atoms with Gasteiger partial charge in [0.1, 0.15) is 0 Å². The van der Waals surface area contributed by atoms with Crippen molar-refractivity contribution in [1.82, 2.24) is 0 Å². The molecule has 1 aromatic carbocycles. The van der Waals surface area contributed by atoms with Crippen molar-refractivity contribution in [3.8, 4) is 0 Å². The van der Waals surface area contributed by atoms with Crippen LogP contribution in [0.4, 0.5) is 5.69 Å². The number of anilines is 1. The lowest BCUT2D eigenvalue weighted by atomic mass is 10.3. The Labute approximate surface area is 122 Å². The first-order valence-corrected chi connectivity index (χ1v) is 6.73. The van der Waals surface area contributed by atoms with Crippen molar-refractivity contribution < 1.29 is 9.47 Å². The van der Waals surface area contributed by atoms with Crippen molar-refractivity contribution in [3.63, 3.8) is 0 Å². The van der Waals surface area contributed by atoms with Crippen LogP contribution in [-0.2, 0) is 9.47 Å². The summed E-state index contributed by atoms with van der Waals surface area (Å²) in [6.07, 6.45) is 0.888. The number of nitrogens with one attached hydrogen (secondary N) is 1. The van der Waals surface area contributed by atoms with Gasteiger partial charge in [-0.05, 0) is 18.6 Å². The summed E-state index contributed by atoms with van der Waals surface area (Å²) >= 11 is 17.9. The zero-order valence-electron chi connectivity index (χ0n) is 10.1. The lowest BCUT2D eigenvalue weighted by Gasteiger charge is -2.11. The molecule has 0 aliphatic heterocycles.